The Morgan fingerprint density at radius 1 is 1.07 bits per heavy atom. The zero-order valence-corrected chi connectivity index (χ0v) is 16.4. The van der Waals surface area contributed by atoms with E-state index < -0.39 is 0 Å². The van der Waals surface area contributed by atoms with Gasteiger partial charge in [0.25, 0.3) is 0 Å². The Balaban J connectivity index is 1.26. The van der Waals surface area contributed by atoms with E-state index in [9.17, 15) is 4.79 Å². The largest absolute Gasteiger partial charge is 0.339 e. The summed E-state index contributed by atoms with van der Waals surface area (Å²) in [6, 6.07) is 9.03. The molecule has 2 aromatic rings. The van der Waals surface area contributed by atoms with Crippen molar-refractivity contribution < 1.29 is 4.79 Å². The predicted molar refractivity (Wildman–Crippen MR) is 108 cm³/mol. The van der Waals surface area contributed by atoms with Crippen LogP contribution in [0.5, 0.6) is 0 Å². The minimum absolute atomic E-state index is 0.290. The Hall–Kier alpha value is -2.23. The van der Waals surface area contributed by atoms with Crippen LogP contribution in [-0.4, -0.2) is 28.8 Å². The van der Waals surface area contributed by atoms with Gasteiger partial charge in [-0.15, -0.1) is 0 Å². The van der Waals surface area contributed by atoms with Crippen LogP contribution in [0.25, 0.3) is 0 Å². The maximum atomic E-state index is 11.2. The number of Topliss-reactive ketones (excluding diaryl/α,β-unsaturated/α-hetero) is 1. The summed E-state index contributed by atoms with van der Waals surface area (Å²) < 4.78 is 0. The van der Waals surface area contributed by atoms with Gasteiger partial charge in [-0.2, -0.15) is 0 Å². The number of aromatic nitrogens is 2. The van der Waals surface area contributed by atoms with Crippen molar-refractivity contribution in [3.8, 4) is 0 Å². The van der Waals surface area contributed by atoms with Crippen LogP contribution in [0.3, 0.4) is 0 Å². The molecule has 4 heteroatoms. The van der Waals surface area contributed by atoms with Gasteiger partial charge in [-0.1, -0.05) is 31.2 Å². The van der Waals surface area contributed by atoms with Gasteiger partial charge in [0.05, 0.1) is 0 Å². The zero-order chi connectivity index (χ0) is 18.8. The third kappa shape index (κ3) is 4.55. The Bertz CT molecular complexity index is 774. The van der Waals surface area contributed by atoms with E-state index in [-0.39, 0.29) is 0 Å². The highest BCUT2D eigenvalue weighted by Gasteiger charge is 2.30. The van der Waals surface area contributed by atoms with E-state index >= 15 is 0 Å². The van der Waals surface area contributed by atoms with Gasteiger partial charge in [0.1, 0.15) is 5.78 Å². The van der Waals surface area contributed by atoms with Gasteiger partial charge >= 0.3 is 0 Å². The second-order valence-corrected chi connectivity index (χ2v) is 8.48. The molecule has 4 nitrogen and oxygen atoms in total. The second-order valence-electron chi connectivity index (χ2n) is 8.48. The number of anilines is 1. The van der Waals surface area contributed by atoms with Crippen LogP contribution in [0.2, 0.25) is 0 Å². The van der Waals surface area contributed by atoms with E-state index in [0.717, 1.165) is 31.9 Å². The fourth-order valence-electron chi connectivity index (χ4n) is 3.94. The average molecular weight is 364 g/mol. The minimum atomic E-state index is 0.290. The van der Waals surface area contributed by atoms with E-state index in [2.05, 4.69) is 46.1 Å². The van der Waals surface area contributed by atoms with E-state index in [1.807, 2.05) is 12.4 Å². The van der Waals surface area contributed by atoms with Crippen LogP contribution in [0, 0.1) is 5.92 Å². The molecule has 1 unspecified atom stereocenters. The first kappa shape index (κ1) is 18.1. The third-order valence-electron chi connectivity index (χ3n) is 5.88. The van der Waals surface area contributed by atoms with Crippen LogP contribution < -0.4 is 4.90 Å². The number of nitrogens with zero attached hydrogens (tertiary/aromatic N) is 3. The lowest BCUT2D eigenvalue weighted by atomic mass is 9.90. The molecule has 2 aliphatic rings. The number of carbonyl (C=O) groups excluding carboxylic acids is 1. The number of rotatable bonds is 8. The highest BCUT2D eigenvalue weighted by Crippen LogP contribution is 2.39. The van der Waals surface area contributed by atoms with Crippen molar-refractivity contribution in [1.29, 1.82) is 0 Å². The van der Waals surface area contributed by atoms with Crippen molar-refractivity contribution in [3.05, 3.63) is 53.3 Å². The molecular weight excluding hydrogens is 334 g/mol. The number of benzene rings is 1. The number of hydrogen-bond acceptors (Lipinski definition) is 4. The normalized spacial score (nSPS) is 18.2. The van der Waals surface area contributed by atoms with Crippen LogP contribution in [0.1, 0.15) is 68.1 Å². The van der Waals surface area contributed by atoms with Gasteiger partial charge in [-0.3, -0.25) is 0 Å². The minimum Gasteiger partial charge on any atom is -0.339 e. The van der Waals surface area contributed by atoms with Crippen molar-refractivity contribution in [2.24, 2.45) is 5.92 Å². The molecule has 1 aromatic carbocycles. The molecule has 1 aliphatic carbocycles. The summed E-state index contributed by atoms with van der Waals surface area (Å²) >= 11 is 0. The number of aryl methyl sites for hydroxylation is 1. The van der Waals surface area contributed by atoms with Crippen LogP contribution >= 0.6 is 0 Å². The van der Waals surface area contributed by atoms with Gasteiger partial charge in [-0.05, 0) is 61.1 Å². The van der Waals surface area contributed by atoms with Crippen molar-refractivity contribution in [2.45, 2.75) is 57.8 Å². The summed E-state index contributed by atoms with van der Waals surface area (Å²) in [4.78, 5) is 22.6. The number of carbonyl (C=O) groups is 1. The van der Waals surface area contributed by atoms with E-state index in [4.69, 9.17) is 0 Å². The molecule has 1 aliphatic heterocycles. The Morgan fingerprint density at radius 2 is 1.74 bits per heavy atom. The molecular formula is C23H29N3O. The smallest absolute Gasteiger partial charge is 0.225 e. The Morgan fingerprint density at radius 3 is 2.33 bits per heavy atom. The number of ketones is 1. The lowest BCUT2D eigenvalue weighted by Gasteiger charge is -2.39. The van der Waals surface area contributed by atoms with E-state index in [1.54, 1.807) is 6.92 Å². The monoisotopic (exact) mass is 363 g/mol. The standard InChI is InChI=1S/C23H29N3O/c1-16(11-17(2)27)3-4-18-5-7-20(8-6-18)22-14-26(15-22)23-24-12-21(13-25-23)19-9-10-19/h5-8,12-13,16,19,22H,3-4,9-11,14-15H2,1-2H3. The third-order valence-corrected chi connectivity index (χ3v) is 5.88. The second kappa shape index (κ2) is 7.79. The maximum Gasteiger partial charge on any atom is 0.225 e. The van der Waals surface area contributed by atoms with Crippen molar-refractivity contribution in [2.75, 3.05) is 18.0 Å². The van der Waals surface area contributed by atoms with Gasteiger partial charge in [0, 0.05) is 37.8 Å². The Labute approximate surface area is 162 Å². The van der Waals surface area contributed by atoms with E-state index in [1.165, 1.54) is 29.5 Å². The van der Waals surface area contributed by atoms with Gasteiger partial charge < -0.3 is 9.69 Å². The molecule has 1 aromatic heterocycles. The van der Waals surface area contributed by atoms with E-state index in [0.29, 0.717) is 30.0 Å². The summed E-state index contributed by atoms with van der Waals surface area (Å²) in [6.07, 6.45) is 9.42. The van der Waals surface area contributed by atoms with Crippen LogP contribution in [0.15, 0.2) is 36.7 Å². The molecule has 0 N–H and O–H groups in total. The topological polar surface area (TPSA) is 46.1 Å². The molecule has 1 saturated heterocycles. The maximum absolute atomic E-state index is 11.2. The first-order chi connectivity index (χ1) is 13.1. The predicted octanol–water partition coefficient (Wildman–Crippen LogP) is 4.51. The van der Waals surface area contributed by atoms with Crippen molar-refractivity contribution in [1.82, 2.24) is 9.97 Å². The van der Waals surface area contributed by atoms with Crippen LogP contribution in [-0.2, 0) is 11.2 Å². The summed E-state index contributed by atoms with van der Waals surface area (Å²) in [5.74, 6) is 2.91. The van der Waals surface area contributed by atoms with Gasteiger partial charge in [-0.25, -0.2) is 9.97 Å². The SMILES string of the molecule is CC(=O)CC(C)CCc1ccc(C2CN(c3ncc(C4CC4)cn3)C2)cc1. The van der Waals surface area contributed by atoms with Crippen LogP contribution in [0.4, 0.5) is 5.95 Å². The van der Waals surface area contributed by atoms with Crippen molar-refractivity contribution in [3.63, 3.8) is 0 Å². The van der Waals surface area contributed by atoms with Gasteiger partial charge in [0.15, 0.2) is 0 Å². The molecule has 142 valence electrons. The molecule has 1 atom stereocenters. The molecule has 1 saturated carbocycles. The number of hydrogen-bond donors (Lipinski definition) is 0. The molecule has 0 spiro atoms. The zero-order valence-electron chi connectivity index (χ0n) is 16.4. The van der Waals surface area contributed by atoms with Crippen molar-refractivity contribution >= 4 is 11.7 Å². The summed E-state index contributed by atoms with van der Waals surface area (Å²) in [7, 11) is 0. The Kier molecular flexibility index (Phi) is 5.24. The average Bonchev–Trinajstić information content (AvgIpc) is 3.45. The summed E-state index contributed by atoms with van der Waals surface area (Å²) in [5, 5.41) is 0. The molecule has 4 rings (SSSR count). The molecule has 0 bridgehead atoms. The summed E-state index contributed by atoms with van der Waals surface area (Å²) in [5.41, 5.74) is 4.06. The quantitative estimate of drug-likeness (QED) is 0.692. The fourth-order valence-corrected chi connectivity index (χ4v) is 3.94. The molecule has 0 amide bonds. The highest BCUT2D eigenvalue weighted by molar-refractivity contribution is 5.75. The molecule has 2 heterocycles. The lowest BCUT2D eigenvalue weighted by Crippen LogP contribution is -2.45. The van der Waals surface area contributed by atoms with Gasteiger partial charge in [0.2, 0.25) is 5.95 Å². The molecule has 0 radical (unpaired) electrons. The molecule has 27 heavy (non-hydrogen) atoms. The summed E-state index contributed by atoms with van der Waals surface area (Å²) in [6.45, 7) is 5.84. The highest BCUT2D eigenvalue weighted by atomic mass is 16.1. The first-order valence-electron chi connectivity index (χ1n) is 10.2. The lowest BCUT2D eigenvalue weighted by molar-refractivity contribution is -0.117. The first-order valence-corrected chi connectivity index (χ1v) is 10.2. The molecule has 2 fully saturated rings. The fraction of sp³-hybridized carbons (Fsp3) is 0.522.